The molecule has 1 fully saturated rings. The van der Waals surface area contributed by atoms with Crippen LogP contribution in [0.1, 0.15) is 36.7 Å². The van der Waals surface area contributed by atoms with Gasteiger partial charge in [-0.1, -0.05) is 18.6 Å². The zero-order valence-corrected chi connectivity index (χ0v) is 10.9. The van der Waals surface area contributed by atoms with Gasteiger partial charge < -0.3 is 10.1 Å². The molecule has 2 heterocycles. The number of aromatic hydroxyl groups is 1. The molecule has 0 spiro atoms. The van der Waals surface area contributed by atoms with Crippen molar-refractivity contribution in [3.05, 3.63) is 48.0 Å². The maximum atomic E-state index is 9.56. The third kappa shape index (κ3) is 2.79. The number of benzene rings is 1. The summed E-state index contributed by atoms with van der Waals surface area (Å²) in [6.45, 7) is 1.95. The molecule has 1 aliphatic heterocycles. The molecule has 0 radical (unpaired) electrons. The van der Waals surface area contributed by atoms with Gasteiger partial charge in [0.2, 0.25) is 0 Å². The first-order valence-electron chi connectivity index (χ1n) is 6.84. The average Bonchev–Trinajstić information content (AvgIpc) is 2.93. The normalized spacial score (nSPS) is 20.5. The van der Waals surface area contributed by atoms with E-state index >= 15 is 0 Å². The minimum atomic E-state index is 0.337. The fraction of sp³-hybridized carbons (Fsp3) is 0.400. The molecule has 4 heteroatoms. The van der Waals surface area contributed by atoms with E-state index in [1.165, 1.54) is 12.8 Å². The number of aromatic amines is 1. The average molecular weight is 257 g/mol. The fourth-order valence-corrected chi connectivity index (χ4v) is 2.84. The summed E-state index contributed by atoms with van der Waals surface area (Å²) in [5, 5.41) is 9.56. The van der Waals surface area contributed by atoms with E-state index in [9.17, 15) is 5.11 Å². The van der Waals surface area contributed by atoms with Crippen LogP contribution in [0.5, 0.6) is 5.75 Å². The lowest BCUT2D eigenvalue weighted by Gasteiger charge is -2.34. The number of hydrogen-bond acceptors (Lipinski definition) is 3. The highest BCUT2D eigenvalue weighted by molar-refractivity contribution is 5.27. The van der Waals surface area contributed by atoms with E-state index in [2.05, 4.69) is 20.9 Å². The number of nitrogens with zero attached hydrogens (tertiary/aromatic N) is 2. The number of piperidine rings is 1. The van der Waals surface area contributed by atoms with Gasteiger partial charge in [0.1, 0.15) is 11.6 Å². The van der Waals surface area contributed by atoms with Gasteiger partial charge in [0.25, 0.3) is 0 Å². The number of rotatable bonds is 3. The van der Waals surface area contributed by atoms with Crippen LogP contribution in [0.4, 0.5) is 0 Å². The summed E-state index contributed by atoms with van der Waals surface area (Å²) < 4.78 is 0. The Bertz CT molecular complexity index is 524. The maximum Gasteiger partial charge on any atom is 0.123 e. The first kappa shape index (κ1) is 12.2. The van der Waals surface area contributed by atoms with E-state index in [4.69, 9.17) is 0 Å². The number of phenols is 1. The van der Waals surface area contributed by atoms with Crippen LogP contribution in [-0.4, -0.2) is 26.5 Å². The number of aromatic nitrogens is 2. The molecule has 2 N–H and O–H groups in total. The first-order valence-corrected chi connectivity index (χ1v) is 6.84. The Morgan fingerprint density at radius 2 is 2.32 bits per heavy atom. The molecule has 1 saturated heterocycles. The molecule has 1 aromatic heterocycles. The van der Waals surface area contributed by atoms with Gasteiger partial charge in [-0.2, -0.15) is 0 Å². The van der Waals surface area contributed by atoms with Crippen molar-refractivity contribution in [2.45, 2.75) is 31.8 Å². The SMILES string of the molecule is Oc1cccc(CN2CCCCC2c2ncc[nH]2)c1. The van der Waals surface area contributed by atoms with Gasteiger partial charge in [0.15, 0.2) is 0 Å². The molecule has 4 nitrogen and oxygen atoms in total. The van der Waals surface area contributed by atoms with E-state index in [0.29, 0.717) is 11.8 Å². The Labute approximate surface area is 113 Å². The Balaban J connectivity index is 1.77. The highest BCUT2D eigenvalue weighted by Crippen LogP contribution is 2.30. The second kappa shape index (κ2) is 5.45. The number of imidazole rings is 1. The molecule has 0 bridgehead atoms. The largest absolute Gasteiger partial charge is 0.508 e. The molecule has 3 rings (SSSR count). The molecule has 1 aromatic carbocycles. The number of phenolic OH excluding ortho intramolecular Hbond substituents is 1. The minimum Gasteiger partial charge on any atom is -0.508 e. The molecule has 1 atom stereocenters. The summed E-state index contributed by atoms with van der Waals surface area (Å²) in [5.74, 6) is 1.39. The van der Waals surface area contributed by atoms with Gasteiger partial charge in [-0.25, -0.2) is 4.98 Å². The van der Waals surface area contributed by atoms with Gasteiger partial charge in [-0.3, -0.25) is 4.90 Å². The lowest BCUT2D eigenvalue weighted by molar-refractivity contribution is 0.134. The summed E-state index contributed by atoms with van der Waals surface area (Å²) in [7, 11) is 0. The summed E-state index contributed by atoms with van der Waals surface area (Å²) in [6, 6.07) is 7.88. The van der Waals surface area contributed by atoms with Gasteiger partial charge in [0, 0.05) is 18.9 Å². The third-order valence-electron chi connectivity index (χ3n) is 3.74. The predicted octanol–water partition coefficient (Wildman–Crippen LogP) is 2.84. The van der Waals surface area contributed by atoms with Crippen LogP contribution in [0, 0.1) is 0 Å². The minimum absolute atomic E-state index is 0.337. The molecule has 0 amide bonds. The van der Waals surface area contributed by atoms with Gasteiger partial charge >= 0.3 is 0 Å². The van der Waals surface area contributed by atoms with Crippen molar-refractivity contribution in [3.63, 3.8) is 0 Å². The standard InChI is InChI=1S/C15H19N3O/c19-13-5-3-4-12(10-13)11-18-9-2-1-6-14(18)15-16-7-8-17-15/h3-5,7-8,10,14,19H,1-2,6,9,11H2,(H,16,17). The molecule has 1 aliphatic rings. The molecule has 19 heavy (non-hydrogen) atoms. The number of likely N-dealkylation sites (tertiary alicyclic amines) is 1. The van der Waals surface area contributed by atoms with E-state index in [-0.39, 0.29) is 0 Å². The lowest BCUT2D eigenvalue weighted by Crippen LogP contribution is -2.33. The zero-order chi connectivity index (χ0) is 13.1. The quantitative estimate of drug-likeness (QED) is 0.889. The van der Waals surface area contributed by atoms with Crippen LogP contribution in [-0.2, 0) is 6.54 Å². The highest BCUT2D eigenvalue weighted by Gasteiger charge is 2.25. The Morgan fingerprint density at radius 3 is 3.11 bits per heavy atom. The summed E-state index contributed by atoms with van der Waals surface area (Å²) in [6.07, 6.45) is 7.33. The van der Waals surface area contributed by atoms with E-state index in [0.717, 1.165) is 30.9 Å². The van der Waals surface area contributed by atoms with E-state index < -0.39 is 0 Å². The molecule has 100 valence electrons. The van der Waals surface area contributed by atoms with Crippen molar-refractivity contribution >= 4 is 0 Å². The summed E-state index contributed by atoms with van der Waals surface area (Å²) in [4.78, 5) is 10.1. The molecular weight excluding hydrogens is 238 g/mol. The molecule has 2 aromatic rings. The summed E-state index contributed by atoms with van der Waals surface area (Å²) in [5.41, 5.74) is 1.15. The van der Waals surface area contributed by atoms with Crippen molar-refractivity contribution in [1.29, 1.82) is 0 Å². The van der Waals surface area contributed by atoms with Crippen LogP contribution in [0.25, 0.3) is 0 Å². The molecule has 1 unspecified atom stereocenters. The molecule has 0 aliphatic carbocycles. The van der Waals surface area contributed by atoms with Crippen LogP contribution >= 0.6 is 0 Å². The topological polar surface area (TPSA) is 52.1 Å². The number of H-pyrrole nitrogens is 1. The number of hydrogen-bond donors (Lipinski definition) is 2. The molecular formula is C15H19N3O. The first-order chi connectivity index (χ1) is 9.33. The highest BCUT2D eigenvalue weighted by atomic mass is 16.3. The molecule has 0 saturated carbocycles. The van der Waals surface area contributed by atoms with Crippen LogP contribution in [0.2, 0.25) is 0 Å². The Hall–Kier alpha value is -1.81. The smallest absolute Gasteiger partial charge is 0.123 e. The van der Waals surface area contributed by atoms with Crippen LogP contribution in [0.3, 0.4) is 0 Å². The van der Waals surface area contributed by atoms with Crippen LogP contribution < -0.4 is 0 Å². The number of nitrogens with one attached hydrogen (secondary N) is 1. The predicted molar refractivity (Wildman–Crippen MR) is 73.7 cm³/mol. The Kier molecular flexibility index (Phi) is 3.51. The van der Waals surface area contributed by atoms with Crippen molar-refractivity contribution in [2.75, 3.05) is 6.54 Å². The van der Waals surface area contributed by atoms with Gasteiger partial charge in [-0.15, -0.1) is 0 Å². The second-order valence-electron chi connectivity index (χ2n) is 5.13. The van der Waals surface area contributed by atoms with E-state index in [1.54, 1.807) is 6.07 Å². The second-order valence-corrected chi connectivity index (χ2v) is 5.13. The monoisotopic (exact) mass is 257 g/mol. The van der Waals surface area contributed by atoms with Gasteiger partial charge in [-0.05, 0) is 37.1 Å². The van der Waals surface area contributed by atoms with Crippen LogP contribution in [0.15, 0.2) is 36.7 Å². The van der Waals surface area contributed by atoms with Gasteiger partial charge in [0.05, 0.1) is 6.04 Å². The zero-order valence-electron chi connectivity index (χ0n) is 10.9. The van der Waals surface area contributed by atoms with Crippen molar-refractivity contribution in [3.8, 4) is 5.75 Å². The maximum absolute atomic E-state index is 9.56. The van der Waals surface area contributed by atoms with Crippen molar-refractivity contribution in [1.82, 2.24) is 14.9 Å². The summed E-state index contributed by atoms with van der Waals surface area (Å²) >= 11 is 0. The van der Waals surface area contributed by atoms with Crippen molar-refractivity contribution in [2.24, 2.45) is 0 Å². The van der Waals surface area contributed by atoms with E-state index in [1.807, 2.05) is 24.5 Å². The Morgan fingerprint density at radius 1 is 1.37 bits per heavy atom. The lowest BCUT2D eigenvalue weighted by atomic mass is 10.0. The fourth-order valence-electron chi connectivity index (χ4n) is 2.84. The van der Waals surface area contributed by atoms with Crippen molar-refractivity contribution < 1.29 is 5.11 Å². The third-order valence-corrected chi connectivity index (χ3v) is 3.74.